The lowest BCUT2D eigenvalue weighted by atomic mass is 10.2. The molecular weight excluding hydrogens is 345 g/mol. The van der Waals surface area contributed by atoms with Crippen molar-refractivity contribution in [3.63, 3.8) is 0 Å². The fourth-order valence-electron chi connectivity index (χ4n) is 2.36. The number of hydrogen-bond acceptors (Lipinski definition) is 5. The van der Waals surface area contributed by atoms with Crippen molar-refractivity contribution in [1.29, 1.82) is 0 Å². The van der Waals surface area contributed by atoms with Crippen molar-refractivity contribution in [2.75, 3.05) is 12.3 Å². The quantitative estimate of drug-likeness (QED) is 0.769. The number of carbonyl (C=O) groups is 2. The Balaban J connectivity index is 1.74. The minimum atomic E-state index is -0.524. The second kappa shape index (κ2) is 7.64. The summed E-state index contributed by atoms with van der Waals surface area (Å²) in [6.07, 6.45) is 1.94. The average molecular weight is 363 g/mol. The van der Waals surface area contributed by atoms with Crippen LogP contribution >= 0.6 is 11.8 Å². The standard InChI is InChI=1S/C16H18FN5O2S/c1-2-18-15(24)19-13(23)9-25-16-21-20-14(22(16)10-7-8-10)11-5-3-4-6-12(11)17/h3-6,10H,2,7-9H2,1H3,(H2,18,19,23,24). The number of nitrogens with zero attached hydrogens (tertiary/aromatic N) is 3. The zero-order valence-corrected chi connectivity index (χ0v) is 14.5. The van der Waals surface area contributed by atoms with Crippen LogP contribution in [-0.4, -0.2) is 39.0 Å². The van der Waals surface area contributed by atoms with Crippen molar-refractivity contribution in [3.8, 4) is 11.4 Å². The van der Waals surface area contributed by atoms with Crippen LogP contribution in [0, 0.1) is 5.82 Å². The van der Waals surface area contributed by atoms with Gasteiger partial charge < -0.3 is 5.32 Å². The SMILES string of the molecule is CCNC(=O)NC(=O)CSc1nnc(-c2ccccc2F)n1C1CC1. The summed E-state index contributed by atoms with van der Waals surface area (Å²) in [5, 5.41) is 13.5. The van der Waals surface area contributed by atoms with Crippen molar-refractivity contribution in [1.82, 2.24) is 25.4 Å². The maximum atomic E-state index is 14.1. The van der Waals surface area contributed by atoms with Gasteiger partial charge >= 0.3 is 6.03 Å². The molecule has 1 heterocycles. The van der Waals surface area contributed by atoms with E-state index in [1.807, 2.05) is 4.57 Å². The van der Waals surface area contributed by atoms with Gasteiger partial charge in [-0.1, -0.05) is 23.9 Å². The van der Waals surface area contributed by atoms with Crippen LogP contribution in [0.4, 0.5) is 9.18 Å². The minimum absolute atomic E-state index is 0.0270. The normalized spacial score (nSPS) is 13.5. The average Bonchev–Trinajstić information content (AvgIpc) is 3.33. The molecule has 9 heteroatoms. The summed E-state index contributed by atoms with van der Waals surface area (Å²) in [5.74, 6) is -0.289. The summed E-state index contributed by atoms with van der Waals surface area (Å²) in [4.78, 5) is 23.2. The van der Waals surface area contributed by atoms with Crippen LogP contribution in [0.3, 0.4) is 0 Å². The summed E-state index contributed by atoms with van der Waals surface area (Å²) >= 11 is 1.18. The maximum Gasteiger partial charge on any atom is 0.321 e. The largest absolute Gasteiger partial charge is 0.338 e. The molecule has 0 bridgehead atoms. The molecule has 2 N–H and O–H groups in total. The molecule has 0 unspecified atom stereocenters. The van der Waals surface area contributed by atoms with Gasteiger partial charge in [0.15, 0.2) is 11.0 Å². The molecule has 2 aromatic rings. The zero-order chi connectivity index (χ0) is 17.8. The number of thioether (sulfide) groups is 1. The van der Waals surface area contributed by atoms with Crippen molar-refractivity contribution in [3.05, 3.63) is 30.1 Å². The predicted molar refractivity (Wildman–Crippen MR) is 91.6 cm³/mol. The van der Waals surface area contributed by atoms with E-state index in [1.165, 1.54) is 17.8 Å². The Morgan fingerprint density at radius 1 is 1.32 bits per heavy atom. The van der Waals surface area contributed by atoms with Crippen LogP contribution in [0.1, 0.15) is 25.8 Å². The molecule has 1 aromatic carbocycles. The first-order valence-electron chi connectivity index (χ1n) is 8.00. The Hall–Kier alpha value is -2.42. The number of rotatable bonds is 6. The highest BCUT2D eigenvalue weighted by Crippen LogP contribution is 2.41. The topological polar surface area (TPSA) is 88.9 Å². The van der Waals surface area contributed by atoms with Gasteiger partial charge in [-0.25, -0.2) is 9.18 Å². The number of urea groups is 1. The Bertz CT molecular complexity index is 791. The number of amides is 3. The summed E-state index contributed by atoms with van der Waals surface area (Å²) in [7, 11) is 0. The Morgan fingerprint density at radius 3 is 2.76 bits per heavy atom. The van der Waals surface area contributed by atoms with Crippen molar-refractivity contribution < 1.29 is 14.0 Å². The van der Waals surface area contributed by atoms with E-state index in [0.717, 1.165) is 12.8 Å². The molecule has 0 saturated heterocycles. The molecule has 25 heavy (non-hydrogen) atoms. The van der Waals surface area contributed by atoms with E-state index < -0.39 is 11.9 Å². The van der Waals surface area contributed by atoms with Crippen molar-refractivity contribution in [2.45, 2.75) is 31.0 Å². The molecule has 1 aliphatic carbocycles. The molecular formula is C16H18FN5O2S. The highest BCUT2D eigenvalue weighted by Gasteiger charge is 2.31. The first-order chi connectivity index (χ1) is 12.1. The molecule has 3 rings (SSSR count). The van der Waals surface area contributed by atoms with E-state index in [-0.39, 0.29) is 17.6 Å². The van der Waals surface area contributed by atoms with Crippen LogP contribution in [0.5, 0.6) is 0 Å². The molecule has 0 atom stereocenters. The number of hydrogen-bond donors (Lipinski definition) is 2. The number of carbonyl (C=O) groups excluding carboxylic acids is 2. The third-order valence-corrected chi connectivity index (χ3v) is 4.56. The number of nitrogens with one attached hydrogen (secondary N) is 2. The lowest BCUT2D eigenvalue weighted by molar-refractivity contribution is -0.117. The lowest BCUT2D eigenvalue weighted by Gasteiger charge is -2.09. The van der Waals surface area contributed by atoms with Gasteiger partial charge in [-0.05, 0) is 31.9 Å². The van der Waals surface area contributed by atoms with Crippen LogP contribution in [0.2, 0.25) is 0 Å². The number of halogens is 1. The molecule has 1 aliphatic rings. The lowest BCUT2D eigenvalue weighted by Crippen LogP contribution is -2.40. The summed E-state index contributed by atoms with van der Waals surface area (Å²) in [6, 6.07) is 6.11. The summed E-state index contributed by atoms with van der Waals surface area (Å²) in [5.41, 5.74) is 0.389. The first-order valence-corrected chi connectivity index (χ1v) is 8.99. The van der Waals surface area contributed by atoms with E-state index in [2.05, 4.69) is 20.8 Å². The number of imide groups is 1. The second-order valence-electron chi connectivity index (χ2n) is 5.58. The van der Waals surface area contributed by atoms with Gasteiger partial charge in [0.25, 0.3) is 0 Å². The molecule has 0 aliphatic heterocycles. The Kier molecular flexibility index (Phi) is 5.32. The molecule has 132 valence electrons. The van der Waals surface area contributed by atoms with Crippen LogP contribution in [0.25, 0.3) is 11.4 Å². The molecule has 1 fully saturated rings. The number of benzene rings is 1. The van der Waals surface area contributed by atoms with E-state index >= 15 is 0 Å². The van der Waals surface area contributed by atoms with E-state index in [9.17, 15) is 14.0 Å². The summed E-state index contributed by atoms with van der Waals surface area (Å²) in [6.45, 7) is 2.20. The fourth-order valence-corrected chi connectivity index (χ4v) is 3.17. The molecule has 0 spiro atoms. The van der Waals surface area contributed by atoms with Gasteiger partial charge in [0.1, 0.15) is 5.82 Å². The fraction of sp³-hybridized carbons (Fsp3) is 0.375. The second-order valence-corrected chi connectivity index (χ2v) is 6.53. The molecule has 3 amide bonds. The van der Waals surface area contributed by atoms with E-state index in [1.54, 1.807) is 25.1 Å². The van der Waals surface area contributed by atoms with Crippen molar-refractivity contribution >= 4 is 23.7 Å². The van der Waals surface area contributed by atoms with Crippen LogP contribution in [-0.2, 0) is 4.79 Å². The van der Waals surface area contributed by atoms with Crippen molar-refractivity contribution in [2.24, 2.45) is 0 Å². The van der Waals surface area contributed by atoms with Gasteiger partial charge in [0.2, 0.25) is 5.91 Å². The maximum absolute atomic E-state index is 14.1. The third-order valence-electron chi connectivity index (χ3n) is 3.61. The first kappa shape index (κ1) is 17.4. The van der Waals surface area contributed by atoms with Gasteiger partial charge in [0.05, 0.1) is 11.3 Å². The molecule has 1 aromatic heterocycles. The zero-order valence-electron chi connectivity index (χ0n) is 13.7. The highest BCUT2D eigenvalue weighted by molar-refractivity contribution is 7.99. The van der Waals surface area contributed by atoms with Crippen LogP contribution in [0.15, 0.2) is 29.4 Å². The number of aromatic nitrogens is 3. The van der Waals surface area contributed by atoms with Gasteiger partial charge in [0, 0.05) is 12.6 Å². The Labute approximate surface area is 148 Å². The molecule has 7 nitrogen and oxygen atoms in total. The van der Waals surface area contributed by atoms with Gasteiger partial charge in [-0.2, -0.15) is 0 Å². The monoisotopic (exact) mass is 363 g/mol. The third kappa shape index (κ3) is 4.16. The Morgan fingerprint density at radius 2 is 2.08 bits per heavy atom. The van der Waals surface area contributed by atoms with Gasteiger partial charge in [-0.15, -0.1) is 10.2 Å². The van der Waals surface area contributed by atoms with Crippen LogP contribution < -0.4 is 10.6 Å². The molecule has 0 radical (unpaired) electrons. The molecule has 1 saturated carbocycles. The predicted octanol–water partition coefficient (Wildman–Crippen LogP) is 2.36. The van der Waals surface area contributed by atoms with E-state index in [0.29, 0.717) is 23.1 Å². The van der Waals surface area contributed by atoms with E-state index in [4.69, 9.17) is 0 Å². The minimum Gasteiger partial charge on any atom is -0.338 e. The van der Waals surface area contributed by atoms with Gasteiger partial charge in [-0.3, -0.25) is 14.7 Å². The highest BCUT2D eigenvalue weighted by atomic mass is 32.2. The summed E-state index contributed by atoms with van der Waals surface area (Å²) < 4.78 is 16.0. The smallest absolute Gasteiger partial charge is 0.321 e.